The summed E-state index contributed by atoms with van der Waals surface area (Å²) in [4.78, 5) is 10.3. The molecule has 0 radical (unpaired) electrons. The summed E-state index contributed by atoms with van der Waals surface area (Å²) >= 11 is -2.86. The third kappa shape index (κ3) is 3.91. The Bertz CT molecular complexity index is 548. The van der Waals surface area contributed by atoms with E-state index in [0.717, 1.165) is 5.39 Å². The van der Waals surface area contributed by atoms with Gasteiger partial charge in [0.05, 0.1) is 21.7 Å². The molecule has 0 spiro atoms. The van der Waals surface area contributed by atoms with Crippen LogP contribution in [0.1, 0.15) is 0 Å². The summed E-state index contributed by atoms with van der Waals surface area (Å²) in [6.07, 6.45) is 0. The van der Waals surface area contributed by atoms with Crippen molar-refractivity contribution >= 4 is 27.8 Å². The minimum atomic E-state index is -2.86. The van der Waals surface area contributed by atoms with Crippen LogP contribution in [0.25, 0.3) is 10.8 Å². The number of rotatable bonds is 1. The molecule has 0 aliphatic rings. The Labute approximate surface area is 99.2 Å². The Hall–Kier alpha value is -1.83. The summed E-state index contributed by atoms with van der Waals surface area (Å²) in [5, 5.41) is 12.2. The monoisotopic (exact) mass is 254 g/mol. The van der Waals surface area contributed by atoms with Gasteiger partial charge in [0.25, 0.3) is 5.69 Å². The van der Waals surface area contributed by atoms with Crippen molar-refractivity contribution < 1.29 is 18.2 Å². The summed E-state index contributed by atoms with van der Waals surface area (Å²) in [5.74, 6) is 0. The second kappa shape index (κ2) is 6.04. The molecule has 2 rings (SSSR count). The first-order valence-corrected chi connectivity index (χ1v) is 5.46. The van der Waals surface area contributed by atoms with Gasteiger partial charge in [-0.15, -0.1) is 0 Å². The molecule has 0 aliphatic heterocycles. The van der Waals surface area contributed by atoms with Gasteiger partial charge in [-0.1, -0.05) is 30.3 Å². The summed E-state index contributed by atoms with van der Waals surface area (Å²) in [5.41, 5.74) is 0.165. The zero-order chi connectivity index (χ0) is 12.8. The van der Waals surface area contributed by atoms with Crippen LogP contribution in [0.15, 0.2) is 42.5 Å². The Kier molecular flexibility index (Phi) is 4.70. The van der Waals surface area contributed by atoms with Gasteiger partial charge >= 0.3 is 0 Å². The van der Waals surface area contributed by atoms with E-state index in [-0.39, 0.29) is 10.6 Å². The SMILES string of the molecule is O=S([O-])O.O=[N+]([O-])c1cccc2ccccc12. The van der Waals surface area contributed by atoms with Gasteiger partial charge in [0.1, 0.15) is 0 Å². The molecule has 0 saturated heterocycles. The van der Waals surface area contributed by atoms with E-state index in [0.29, 0.717) is 5.39 Å². The van der Waals surface area contributed by atoms with Crippen molar-refractivity contribution in [1.29, 1.82) is 0 Å². The zero-order valence-corrected chi connectivity index (χ0v) is 9.29. The molecule has 1 unspecified atom stereocenters. The Balaban J connectivity index is 0.000000317. The summed E-state index contributed by atoms with van der Waals surface area (Å²) < 4.78 is 24.1. The number of nitro benzene ring substituents is 1. The van der Waals surface area contributed by atoms with Crippen molar-refractivity contribution in [2.45, 2.75) is 0 Å². The van der Waals surface area contributed by atoms with Crippen LogP contribution in [0, 0.1) is 10.1 Å². The highest BCUT2D eigenvalue weighted by Gasteiger charge is 2.08. The predicted octanol–water partition coefficient (Wildman–Crippen LogP) is 2.09. The molecule has 0 aromatic heterocycles. The summed E-state index contributed by atoms with van der Waals surface area (Å²) in [7, 11) is 0. The summed E-state index contributed by atoms with van der Waals surface area (Å²) in [6, 6.07) is 12.4. The first kappa shape index (κ1) is 13.2. The van der Waals surface area contributed by atoms with Crippen molar-refractivity contribution in [2.75, 3.05) is 0 Å². The van der Waals surface area contributed by atoms with Gasteiger partial charge in [-0.05, 0) is 11.5 Å². The molecule has 0 saturated carbocycles. The summed E-state index contributed by atoms with van der Waals surface area (Å²) in [6.45, 7) is 0. The number of fused-ring (bicyclic) bond motifs is 1. The molecule has 0 fully saturated rings. The largest absolute Gasteiger partial charge is 0.750 e. The molecule has 0 heterocycles. The number of nitro groups is 1. The minimum absolute atomic E-state index is 0.165. The van der Waals surface area contributed by atoms with E-state index >= 15 is 0 Å². The molecule has 1 N–H and O–H groups in total. The van der Waals surface area contributed by atoms with Crippen molar-refractivity contribution in [2.24, 2.45) is 0 Å². The minimum Gasteiger partial charge on any atom is -0.750 e. The zero-order valence-electron chi connectivity index (χ0n) is 8.48. The van der Waals surface area contributed by atoms with Crippen LogP contribution in [0.2, 0.25) is 0 Å². The lowest BCUT2D eigenvalue weighted by molar-refractivity contribution is -0.383. The second-order valence-corrected chi connectivity index (χ2v) is 3.41. The van der Waals surface area contributed by atoms with Crippen LogP contribution in [-0.4, -0.2) is 18.2 Å². The first-order chi connectivity index (χ1) is 8.02. The van der Waals surface area contributed by atoms with Gasteiger partial charge < -0.3 is 9.11 Å². The number of hydrogen-bond donors (Lipinski definition) is 1. The van der Waals surface area contributed by atoms with E-state index in [2.05, 4.69) is 0 Å². The Morgan fingerprint density at radius 2 is 1.65 bits per heavy atom. The maximum absolute atomic E-state index is 10.6. The third-order valence-electron chi connectivity index (χ3n) is 1.96. The highest BCUT2D eigenvalue weighted by Crippen LogP contribution is 2.24. The lowest BCUT2D eigenvalue weighted by Crippen LogP contribution is -1.88. The number of nitrogens with zero attached hydrogens (tertiary/aromatic N) is 1. The topological polar surface area (TPSA) is 104 Å². The highest BCUT2D eigenvalue weighted by molar-refractivity contribution is 7.73. The van der Waals surface area contributed by atoms with E-state index < -0.39 is 11.4 Å². The Morgan fingerprint density at radius 3 is 2.24 bits per heavy atom. The number of non-ortho nitro benzene ring substituents is 1. The van der Waals surface area contributed by atoms with Crippen LogP contribution < -0.4 is 0 Å². The van der Waals surface area contributed by atoms with Gasteiger partial charge in [0.15, 0.2) is 0 Å². The van der Waals surface area contributed by atoms with Gasteiger partial charge in [0.2, 0.25) is 0 Å². The molecular weight excluding hydrogens is 246 g/mol. The molecule has 0 bridgehead atoms. The van der Waals surface area contributed by atoms with Gasteiger partial charge in [-0.3, -0.25) is 10.1 Å². The average Bonchev–Trinajstić information content (AvgIpc) is 2.27. The van der Waals surface area contributed by atoms with Gasteiger partial charge in [0, 0.05) is 6.07 Å². The standard InChI is InChI=1S/C10H7NO2.H2O3S/c12-11(13)10-7-3-5-8-4-1-2-6-9(8)10;1-4(2)3/h1-7H;(H2,1,2,3)/p-1. The van der Waals surface area contributed by atoms with Crippen LogP contribution in [0.5, 0.6) is 0 Å². The van der Waals surface area contributed by atoms with Crippen LogP contribution in [0.3, 0.4) is 0 Å². The molecule has 90 valence electrons. The predicted molar refractivity (Wildman–Crippen MR) is 62.2 cm³/mol. The van der Waals surface area contributed by atoms with Crippen LogP contribution >= 0.6 is 0 Å². The molecule has 17 heavy (non-hydrogen) atoms. The quantitative estimate of drug-likeness (QED) is 0.476. The molecule has 2 aromatic rings. The van der Waals surface area contributed by atoms with Gasteiger partial charge in [-0.2, -0.15) is 0 Å². The second-order valence-electron chi connectivity index (χ2n) is 2.97. The fourth-order valence-corrected chi connectivity index (χ4v) is 1.37. The number of hydrogen-bond acceptors (Lipinski definition) is 4. The third-order valence-corrected chi connectivity index (χ3v) is 1.96. The molecule has 0 aliphatic carbocycles. The van der Waals surface area contributed by atoms with Gasteiger partial charge in [-0.25, -0.2) is 4.21 Å². The maximum Gasteiger partial charge on any atom is 0.277 e. The molecular formula is C10H8NO5S-. The van der Waals surface area contributed by atoms with Crippen LogP contribution in [-0.2, 0) is 11.4 Å². The molecule has 2 aromatic carbocycles. The fourth-order valence-electron chi connectivity index (χ4n) is 1.37. The number of benzene rings is 2. The van der Waals surface area contributed by atoms with E-state index in [1.54, 1.807) is 18.2 Å². The van der Waals surface area contributed by atoms with E-state index in [1.807, 2.05) is 18.2 Å². The lowest BCUT2D eigenvalue weighted by Gasteiger charge is -1.97. The highest BCUT2D eigenvalue weighted by atomic mass is 32.2. The molecule has 7 heteroatoms. The average molecular weight is 254 g/mol. The smallest absolute Gasteiger partial charge is 0.277 e. The van der Waals surface area contributed by atoms with Crippen molar-refractivity contribution in [3.8, 4) is 0 Å². The van der Waals surface area contributed by atoms with E-state index in [4.69, 9.17) is 13.3 Å². The van der Waals surface area contributed by atoms with Crippen molar-refractivity contribution in [3.63, 3.8) is 0 Å². The maximum atomic E-state index is 10.6. The van der Waals surface area contributed by atoms with Crippen molar-refractivity contribution in [3.05, 3.63) is 52.6 Å². The first-order valence-electron chi connectivity index (χ1n) is 4.43. The fraction of sp³-hybridized carbons (Fsp3) is 0. The van der Waals surface area contributed by atoms with Crippen molar-refractivity contribution in [1.82, 2.24) is 0 Å². The normalized spacial score (nSPS) is 11.4. The lowest BCUT2D eigenvalue weighted by atomic mass is 10.1. The molecule has 1 atom stereocenters. The Morgan fingerprint density at radius 1 is 1.12 bits per heavy atom. The van der Waals surface area contributed by atoms with E-state index in [1.165, 1.54) is 6.07 Å². The van der Waals surface area contributed by atoms with E-state index in [9.17, 15) is 10.1 Å². The van der Waals surface area contributed by atoms with Crippen LogP contribution in [0.4, 0.5) is 5.69 Å². The molecule has 6 nitrogen and oxygen atoms in total. The molecule has 0 amide bonds.